The standard InChI is InChI=1S/C18H14BrCl2N5O2.C18H24FN3O.C7H14N4O3/c1-9-6-10(20)7-11(17(27)22-2)15(9)24-18(28)13-8-14(19)25-26(13)16-12(21)4-3-5-23-16;1-11(2)10-12(3)14-8-6-7-9-15(14)20-18(23)16-13(4)21-22(5)17(16)19;1-8-7(10-11(12)13)9-4-6-2-3-14-5-6/h3-8H,1-2H3,(H,22,27)(H,24,28);6-9,11-12H,10H2,1-5H3,(H,20,23);6H,2-5H2,1H3,(H2,8,9,10). The van der Waals surface area contributed by atoms with Gasteiger partial charge in [-0.2, -0.15) is 14.6 Å². The number of nitrogens with zero attached hydrogens (tertiary/aromatic N) is 7. The van der Waals surface area contributed by atoms with Crippen molar-refractivity contribution in [3.05, 3.63) is 125 Å². The molecule has 5 aromatic rings. The van der Waals surface area contributed by atoms with Crippen molar-refractivity contribution in [1.29, 1.82) is 0 Å². The van der Waals surface area contributed by atoms with Gasteiger partial charge < -0.3 is 31.3 Å². The number of para-hydroxylation sites is 1. The van der Waals surface area contributed by atoms with Crippen LogP contribution >= 0.6 is 39.1 Å². The first-order valence-corrected chi connectivity index (χ1v) is 21.9. The van der Waals surface area contributed by atoms with Gasteiger partial charge >= 0.3 is 0 Å². The average molecular weight is 1000 g/mol. The molecule has 2 aromatic carbocycles. The third kappa shape index (κ3) is 14.5. The number of anilines is 2. The number of pyridine rings is 1. The van der Waals surface area contributed by atoms with E-state index in [-0.39, 0.29) is 28.7 Å². The highest BCUT2D eigenvalue weighted by Crippen LogP contribution is 2.31. The molecule has 4 heterocycles. The Balaban J connectivity index is 0.000000225. The number of aryl methyl sites for hydroxylation is 3. The van der Waals surface area contributed by atoms with E-state index in [2.05, 4.69) is 83.6 Å². The zero-order valence-corrected chi connectivity index (χ0v) is 40.2. The van der Waals surface area contributed by atoms with Gasteiger partial charge in [-0.15, -0.1) is 0 Å². The maximum atomic E-state index is 14.0. The molecule has 3 aromatic heterocycles. The SMILES string of the molecule is CN/C(=N\[N+](=O)[O-])NCC1CCOC1.CNC(=O)c1cc(Cl)cc(C)c1NC(=O)c1cc(Br)nn1-c1ncccc1Cl.Cc1nn(C)c(F)c1C(=O)Nc1ccccc1C(C)CC(C)C. The lowest BCUT2D eigenvalue weighted by Crippen LogP contribution is -2.38. The molecule has 0 aliphatic carbocycles. The molecule has 65 heavy (non-hydrogen) atoms. The molecule has 6 rings (SSSR count). The first-order valence-electron chi connectivity index (χ1n) is 20.4. The molecular formula is C43H52BrCl2FN12O6. The summed E-state index contributed by atoms with van der Waals surface area (Å²) in [5.41, 5.74) is 3.61. The van der Waals surface area contributed by atoms with Gasteiger partial charge in [-0.25, -0.2) is 24.5 Å². The summed E-state index contributed by atoms with van der Waals surface area (Å²) in [5.74, 6) is -0.163. The minimum atomic E-state index is -0.732. The summed E-state index contributed by atoms with van der Waals surface area (Å²) >= 11 is 15.5. The largest absolute Gasteiger partial charge is 0.381 e. The number of halogens is 4. The van der Waals surface area contributed by atoms with Crippen LogP contribution in [0.15, 0.2) is 70.5 Å². The third-order valence-corrected chi connectivity index (χ3v) is 10.7. The summed E-state index contributed by atoms with van der Waals surface area (Å²) in [6.07, 6.45) is 3.56. The Morgan fingerprint density at radius 3 is 2.34 bits per heavy atom. The van der Waals surface area contributed by atoms with Crippen LogP contribution in [0.1, 0.15) is 87.6 Å². The van der Waals surface area contributed by atoms with E-state index in [1.54, 1.807) is 45.3 Å². The highest BCUT2D eigenvalue weighted by molar-refractivity contribution is 9.10. The second kappa shape index (κ2) is 24.4. The predicted molar refractivity (Wildman–Crippen MR) is 252 cm³/mol. The lowest BCUT2D eigenvalue weighted by Gasteiger charge is -2.18. The molecule has 1 aliphatic rings. The number of carbonyl (C=O) groups excluding carboxylic acids is 3. The summed E-state index contributed by atoms with van der Waals surface area (Å²) in [6, 6.07) is 15.7. The molecule has 0 spiro atoms. The number of nitrogens with one attached hydrogen (secondary N) is 5. The number of carbonyl (C=O) groups is 3. The number of amides is 3. The lowest BCUT2D eigenvalue weighted by molar-refractivity contribution is -0.485. The van der Waals surface area contributed by atoms with Crippen molar-refractivity contribution in [2.45, 2.75) is 53.4 Å². The van der Waals surface area contributed by atoms with Crippen molar-refractivity contribution in [2.24, 2.45) is 24.0 Å². The average Bonchev–Trinajstić information content (AvgIpc) is 3.99. The van der Waals surface area contributed by atoms with Gasteiger partial charge in [-0.3, -0.25) is 14.4 Å². The number of aromatic nitrogens is 5. The number of hydrazone groups is 1. The molecule has 0 saturated carbocycles. The smallest absolute Gasteiger partial charge is 0.274 e. The van der Waals surface area contributed by atoms with Crippen LogP contribution in [0.3, 0.4) is 0 Å². The summed E-state index contributed by atoms with van der Waals surface area (Å²) in [7, 11) is 4.57. The van der Waals surface area contributed by atoms with Gasteiger partial charge in [0.1, 0.15) is 21.0 Å². The van der Waals surface area contributed by atoms with Crippen LogP contribution in [0, 0.1) is 41.7 Å². The first-order chi connectivity index (χ1) is 30.8. The van der Waals surface area contributed by atoms with Crippen molar-refractivity contribution in [3.63, 3.8) is 0 Å². The maximum absolute atomic E-state index is 14.0. The second-order valence-corrected chi connectivity index (χ2v) is 16.9. The molecule has 22 heteroatoms. The number of rotatable bonds is 12. The van der Waals surface area contributed by atoms with E-state index in [1.807, 2.05) is 24.3 Å². The lowest BCUT2D eigenvalue weighted by atomic mass is 9.91. The Labute approximate surface area is 394 Å². The van der Waals surface area contributed by atoms with Crippen LogP contribution in [0.2, 0.25) is 10.0 Å². The van der Waals surface area contributed by atoms with Gasteiger partial charge in [0, 0.05) is 63.2 Å². The molecule has 348 valence electrons. The van der Waals surface area contributed by atoms with Crippen LogP contribution in [0.4, 0.5) is 15.8 Å². The van der Waals surface area contributed by atoms with Crippen molar-refractivity contribution in [2.75, 3.05) is 44.5 Å². The predicted octanol–water partition coefficient (Wildman–Crippen LogP) is 7.91. The van der Waals surface area contributed by atoms with Crippen molar-refractivity contribution < 1.29 is 28.5 Å². The summed E-state index contributed by atoms with van der Waals surface area (Å²) in [5, 5.41) is 35.0. The number of hydrogen-bond donors (Lipinski definition) is 5. The Kier molecular flexibility index (Phi) is 19.4. The van der Waals surface area contributed by atoms with E-state index in [4.69, 9.17) is 27.9 Å². The van der Waals surface area contributed by atoms with Gasteiger partial charge in [0.2, 0.25) is 5.95 Å². The van der Waals surface area contributed by atoms with Crippen molar-refractivity contribution >= 4 is 74.2 Å². The van der Waals surface area contributed by atoms with Crippen molar-refractivity contribution in [3.8, 4) is 5.82 Å². The number of hydrogen-bond acceptors (Lipinski definition) is 9. The highest BCUT2D eigenvalue weighted by atomic mass is 79.9. The number of benzene rings is 2. The molecule has 5 N–H and O–H groups in total. The van der Waals surface area contributed by atoms with Gasteiger partial charge in [-0.05, 0) is 95.9 Å². The van der Waals surface area contributed by atoms with Crippen LogP contribution in [-0.2, 0) is 11.8 Å². The summed E-state index contributed by atoms with van der Waals surface area (Å²) < 4.78 is 22.1. The molecule has 3 amide bonds. The first kappa shape index (κ1) is 51.7. The van der Waals surface area contributed by atoms with Crippen molar-refractivity contribution in [1.82, 2.24) is 40.5 Å². The summed E-state index contributed by atoms with van der Waals surface area (Å²) in [4.78, 5) is 52.0. The Hall–Kier alpha value is -5.96. The third-order valence-electron chi connectivity index (χ3n) is 9.81. The normalized spacial score (nSPS) is 13.7. The molecular weight excluding hydrogens is 950 g/mol. The monoisotopic (exact) mass is 1000 g/mol. The minimum absolute atomic E-state index is 0.00110. The van der Waals surface area contributed by atoms with E-state index in [9.17, 15) is 28.9 Å². The molecule has 2 unspecified atom stereocenters. The van der Waals surface area contributed by atoms with E-state index in [0.29, 0.717) is 68.3 Å². The zero-order chi connectivity index (χ0) is 48.0. The minimum Gasteiger partial charge on any atom is -0.381 e. The fraction of sp³-hybridized carbons (Fsp3) is 0.372. The molecule has 18 nitrogen and oxygen atoms in total. The fourth-order valence-corrected chi connectivity index (χ4v) is 7.65. The quantitative estimate of drug-likeness (QED) is 0.0350. The topological polar surface area (TPSA) is 225 Å². The molecule has 1 fully saturated rings. The zero-order valence-electron chi connectivity index (χ0n) is 37.1. The van der Waals surface area contributed by atoms with Crippen LogP contribution in [-0.4, -0.2) is 87.1 Å². The Bertz CT molecular complexity index is 2510. The molecule has 1 saturated heterocycles. The van der Waals surface area contributed by atoms with Crippen LogP contribution in [0.25, 0.3) is 5.82 Å². The van der Waals surface area contributed by atoms with Crippen LogP contribution < -0.4 is 26.6 Å². The fourth-order valence-electron chi connectivity index (χ4n) is 6.80. The van der Waals surface area contributed by atoms with E-state index >= 15 is 0 Å². The van der Waals surface area contributed by atoms with E-state index in [0.717, 1.165) is 35.4 Å². The number of ether oxygens (including phenoxy) is 1. The van der Waals surface area contributed by atoms with Gasteiger partial charge in [0.25, 0.3) is 23.7 Å². The van der Waals surface area contributed by atoms with Gasteiger partial charge in [0.15, 0.2) is 10.9 Å². The second-order valence-electron chi connectivity index (χ2n) is 15.2. The van der Waals surface area contributed by atoms with Crippen LogP contribution in [0.5, 0.6) is 0 Å². The molecule has 1 aliphatic heterocycles. The van der Waals surface area contributed by atoms with Gasteiger partial charge in [-0.1, -0.05) is 62.2 Å². The maximum Gasteiger partial charge on any atom is 0.274 e. The Morgan fingerprint density at radius 1 is 1.02 bits per heavy atom. The van der Waals surface area contributed by atoms with E-state index in [1.165, 1.54) is 30.9 Å². The number of guanidine groups is 1. The molecule has 0 radical (unpaired) electrons. The van der Waals surface area contributed by atoms with Gasteiger partial charge in [0.05, 0.1) is 28.6 Å². The van der Waals surface area contributed by atoms with E-state index < -0.39 is 22.8 Å². The molecule has 2 atom stereocenters. The summed E-state index contributed by atoms with van der Waals surface area (Å²) in [6.45, 7) is 12.0. The highest BCUT2D eigenvalue weighted by Gasteiger charge is 2.24. The Morgan fingerprint density at radius 2 is 1.74 bits per heavy atom. The molecule has 0 bridgehead atoms. The number of nitro groups is 1.